The molecule has 0 aromatic heterocycles. The molecule has 2 rings (SSSR count). The number of likely N-dealkylation sites (N-methyl/N-ethyl adjacent to an activating group) is 1. The van der Waals surface area contributed by atoms with Crippen molar-refractivity contribution in [2.45, 2.75) is 24.8 Å². The molecule has 2 aromatic carbocycles. The maximum atomic E-state index is 12.9. The first-order valence-electron chi connectivity index (χ1n) is 9.13. The van der Waals surface area contributed by atoms with Crippen LogP contribution in [-0.4, -0.2) is 49.5 Å². The summed E-state index contributed by atoms with van der Waals surface area (Å²) < 4.78 is 29.0. The molecular weight excluding hydrogens is 412 g/mol. The van der Waals surface area contributed by atoms with Gasteiger partial charge in [-0.05, 0) is 26.0 Å². The predicted octanol–water partition coefficient (Wildman–Crippen LogP) is 2.76. The molecule has 2 aromatic rings. The number of carbonyl (C=O) groups excluding carboxylic acids is 2. The van der Waals surface area contributed by atoms with Gasteiger partial charge < -0.3 is 9.64 Å². The zero-order valence-corrected chi connectivity index (χ0v) is 17.6. The van der Waals surface area contributed by atoms with E-state index in [1.54, 1.807) is 44.2 Å². The van der Waals surface area contributed by atoms with Gasteiger partial charge in [-0.3, -0.25) is 14.9 Å². The van der Waals surface area contributed by atoms with Crippen molar-refractivity contribution in [1.29, 1.82) is 0 Å². The summed E-state index contributed by atoms with van der Waals surface area (Å²) in [5, 5.41) is 11.3. The van der Waals surface area contributed by atoms with Crippen LogP contribution in [0, 0.1) is 10.1 Å². The molecule has 0 saturated heterocycles. The van der Waals surface area contributed by atoms with Crippen LogP contribution in [0.3, 0.4) is 0 Å². The maximum Gasteiger partial charge on any atom is 0.339 e. The second-order valence-electron chi connectivity index (χ2n) is 6.42. The number of nitrogens with zero attached hydrogens (tertiary/aromatic N) is 2. The first kappa shape index (κ1) is 23.0. The highest BCUT2D eigenvalue weighted by Crippen LogP contribution is 2.27. The number of nitro benzene ring substituents is 1. The summed E-state index contributed by atoms with van der Waals surface area (Å²) in [5.74, 6) is -1.41. The lowest BCUT2D eigenvalue weighted by Crippen LogP contribution is -2.36. The Bertz CT molecular complexity index is 1050. The van der Waals surface area contributed by atoms with E-state index in [2.05, 4.69) is 0 Å². The fourth-order valence-electron chi connectivity index (χ4n) is 2.87. The molecule has 9 nitrogen and oxygen atoms in total. The van der Waals surface area contributed by atoms with E-state index < -0.39 is 43.3 Å². The summed E-state index contributed by atoms with van der Waals surface area (Å²) in [6, 6.07) is 11.3. The van der Waals surface area contributed by atoms with Crippen LogP contribution in [0.4, 0.5) is 5.69 Å². The van der Waals surface area contributed by atoms with Gasteiger partial charge in [0.25, 0.3) is 11.6 Å². The van der Waals surface area contributed by atoms with Crippen molar-refractivity contribution in [1.82, 2.24) is 4.90 Å². The fraction of sp³-hybridized carbons (Fsp3) is 0.300. The van der Waals surface area contributed by atoms with E-state index in [0.717, 1.165) is 24.5 Å². The van der Waals surface area contributed by atoms with E-state index in [4.69, 9.17) is 4.74 Å². The molecule has 10 heteroatoms. The highest BCUT2D eigenvalue weighted by molar-refractivity contribution is 7.90. The van der Waals surface area contributed by atoms with Gasteiger partial charge in [-0.15, -0.1) is 0 Å². The molecule has 0 radical (unpaired) electrons. The summed E-state index contributed by atoms with van der Waals surface area (Å²) in [7, 11) is -3.87. The third kappa shape index (κ3) is 5.20. The van der Waals surface area contributed by atoms with Crippen molar-refractivity contribution in [2.75, 3.05) is 19.3 Å². The standard InChI is InChI=1S/C20H22N2O7S/c1-4-21(5-2)19(23)18(14-9-7-6-8-10-14)29-20(24)15-11-12-17(30(3,27)28)16(13-15)22(25)26/h6-13,18H,4-5H2,1-3H3/t18-/m1/s1. The molecule has 160 valence electrons. The average molecular weight is 434 g/mol. The van der Waals surface area contributed by atoms with Crippen molar-refractivity contribution in [3.63, 3.8) is 0 Å². The molecule has 0 heterocycles. The van der Waals surface area contributed by atoms with E-state index in [-0.39, 0.29) is 5.56 Å². The Balaban J connectivity index is 2.44. The fourth-order valence-corrected chi connectivity index (χ4v) is 3.69. The minimum atomic E-state index is -3.87. The van der Waals surface area contributed by atoms with Crippen molar-refractivity contribution in [3.05, 3.63) is 69.8 Å². The number of nitro groups is 1. The van der Waals surface area contributed by atoms with E-state index in [0.29, 0.717) is 18.7 Å². The lowest BCUT2D eigenvalue weighted by atomic mass is 10.1. The summed E-state index contributed by atoms with van der Waals surface area (Å²) in [5.41, 5.74) is -0.523. The van der Waals surface area contributed by atoms with Crippen LogP contribution >= 0.6 is 0 Å². The largest absolute Gasteiger partial charge is 0.444 e. The molecule has 0 spiro atoms. The first-order valence-corrected chi connectivity index (χ1v) is 11.0. The van der Waals surface area contributed by atoms with E-state index in [1.807, 2.05) is 0 Å². The van der Waals surface area contributed by atoms with Crippen molar-refractivity contribution < 1.29 is 27.7 Å². The monoisotopic (exact) mass is 434 g/mol. The summed E-state index contributed by atoms with van der Waals surface area (Å²) >= 11 is 0. The van der Waals surface area contributed by atoms with Crippen LogP contribution in [0.2, 0.25) is 0 Å². The molecule has 0 N–H and O–H groups in total. The normalized spacial score (nSPS) is 12.1. The predicted molar refractivity (Wildman–Crippen MR) is 109 cm³/mol. The second kappa shape index (κ2) is 9.49. The first-order chi connectivity index (χ1) is 14.1. The zero-order valence-electron chi connectivity index (χ0n) is 16.8. The highest BCUT2D eigenvalue weighted by atomic mass is 32.2. The lowest BCUT2D eigenvalue weighted by Gasteiger charge is -2.25. The molecule has 0 saturated carbocycles. The zero-order chi connectivity index (χ0) is 22.5. The number of sulfone groups is 1. The van der Waals surface area contributed by atoms with Gasteiger partial charge in [0.15, 0.2) is 9.84 Å². The van der Waals surface area contributed by atoms with Crippen molar-refractivity contribution in [2.24, 2.45) is 0 Å². The van der Waals surface area contributed by atoms with Gasteiger partial charge in [0.05, 0.1) is 10.5 Å². The average Bonchev–Trinajstić information content (AvgIpc) is 2.72. The van der Waals surface area contributed by atoms with Gasteiger partial charge in [0.1, 0.15) is 4.90 Å². The van der Waals surface area contributed by atoms with E-state index >= 15 is 0 Å². The number of amides is 1. The Labute approximate surface area is 174 Å². The molecule has 0 unspecified atom stereocenters. The van der Waals surface area contributed by atoms with Gasteiger partial charge in [-0.2, -0.15) is 0 Å². The molecule has 0 aliphatic heterocycles. The van der Waals surface area contributed by atoms with Crippen LogP contribution in [0.5, 0.6) is 0 Å². The number of hydrogen-bond donors (Lipinski definition) is 0. The Kier molecular flexibility index (Phi) is 7.28. The molecular formula is C20H22N2O7S. The SMILES string of the molecule is CCN(CC)C(=O)[C@H](OC(=O)c1ccc(S(C)(=O)=O)c([N+](=O)[O-])c1)c1ccccc1. The molecule has 0 aliphatic rings. The topological polar surface area (TPSA) is 124 Å². The van der Waals surface area contributed by atoms with Gasteiger partial charge >= 0.3 is 5.97 Å². The Morgan fingerprint density at radius 3 is 2.20 bits per heavy atom. The van der Waals surface area contributed by atoms with Gasteiger partial charge in [-0.1, -0.05) is 30.3 Å². The van der Waals surface area contributed by atoms with Crippen molar-refractivity contribution >= 4 is 27.4 Å². The molecule has 0 fully saturated rings. The summed E-state index contributed by atoms with van der Waals surface area (Å²) in [4.78, 5) is 37.0. The van der Waals surface area contributed by atoms with E-state index in [1.165, 1.54) is 4.90 Å². The number of rotatable bonds is 8. The number of carbonyl (C=O) groups is 2. The third-order valence-electron chi connectivity index (χ3n) is 4.42. The van der Waals surface area contributed by atoms with Crippen LogP contribution in [0.15, 0.2) is 53.4 Å². The number of benzene rings is 2. The number of esters is 1. The number of hydrogen-bond acceptors (Lipinski definition) is 7. The molecule has 1 amide bonds. The molecule has 30 heavy (non-hydrogen) atoms. The Morgan fingerprint density at radius 1 is 1.10 bits per heavy atom. The highest BCUT2D eigenvalue weighted by Gasteiger charge is 2.30. The smallest absolute Gasteiger partial charge is 0.339 e. The summed E-state index contributed by atoms with van der Waals surface area (Å²) in [6.07, 6.45) is -0.408. The van der Waals surface area contributed by atoms with Crippen molar-refractivity contribution in [3.8, 4) is 0 Å². The molecule has 0 aliphatic carbocycles. The maximum absolute atomic E-state index is 12.9. The van der Waals surface area contributed by atoms with E-state index in [9.17, 15) is 28.1 Å². The third-order valence-corrected chi connectivity index (χ3v) is 5.56. The van der Waals surface area contributed by atoms with Crippen LogP contribution < -0.4 is 0 Å². The minimum absolute atomic E-state index is 0.234. The van der Waals surface area contributed by atoms with Crippen LogP contribution in [-0.2, 0) is 19.4 Å². The van der Waals surface area contributed by atoms with Crippen LogP contribution in [0.1, 0.15) is 35.9 Å². The van der Waals surface area contributed by atoms with Gasteiger partial charge in [-0.25, -0.2) is 13.2 Å². The van der Waals surface area contributed by atoms with Crippen LogP contribution in [0.25, 0.3) is 0 Å². The molecule has 0 bridgehead atoms. The lowest BCUT2D eigenvalue weighted by molar-refractivity contribution is -0.387. The van der Waals surface area contributed by atoms with Gasteiger partial charge in [0.2, 0.25) is 6.10 Å². The number of ether oxygens (including phenoxy) is 1. The Morgan fingerprint density at radius 2 is 1.70 bits per heavy atom. The molecule has 1 atom stereocenters. The van der Waals surface area contributed by atoms with Gasteiger partial charge in [0, 0.05) is 31.0 Å². The second-order valence-corrected chi connectivity index (χ2v) is 8.40. The quantitative estimate of drug-likeness (QED) is 0.355. The summed E-state index contributed by atoms with van der Waals surface area (Å²) in [6.45, 7) is 4.40. The Hall–Kier alpha value is -3.27. The minimum Gasteiger partial charge on any atom is -0.444 e.